The van der Waals surface area contributed by atoms with Gasteiger partial charge >= 0.3 is 0 Å². The molecule has 0 aliphatic carbocycles. The average Bonchev–Trinajstić information content (AvgIpc) is 2.17. The van der Waals surface area contributed by atoms with Gasteiger partial charge < -0.3 is 14.6 Å². The van der Waals surface area contributed by atoms with Crippen LogP contribution >= 0.6 is 0 Å². The lowest BCUT2D eigenvalue weighted by Gasteiger charge is -2.40. The van der Waals surface area contributed by atoms with Crippen molar-refractivity contribution in [2.24, 2.45) is 0 Å². The molecule has 2 aliphatic rings. The zero-order valence-corrected chi connectivity index (χ0v) is 7.69. The number of hydrogen-bond donors (Lipinski definition) is 1. The molecule has 0 amide bonds. The highest BCUT2D eigenvalue weighted by Crippen LogP contribution is 2.29. The maximum atomic E-state index is 9.63. The first-order valence-electron chi connectivity index (χ1n) is 4.89. The summed E-state index contributed by atoms with van der Waals surface area (Å²) < 4.78 is 11.2. The van der Waals surface area contributed by atoms with Crippen molar-refractivity contribution in [3.63, 3.8) is 0 Å². The molecule has 0 radical (unpaired) electrons. The van der Waals surface area contributed by atoms with Crippen LogP contribution in [0.5, 0.6) is 0 Å². The van der Waals surface area contributed by atoms with E-state index in [2.05, 4.69) is 6.58 Å². The predicted octanol–water partition coefficient (Wildman–Crippen LogP) is 0.870. The molecule has 4 atom stereocenters. The van der Waals surface area contributed by atoms with E-state index in [0.29, 0.717) is 6.42 Å². The summed E-state index contributed by atoms with van der Waals surface area (Å²) in [5, 5.41) is 9.63. The Hall–Kier alpha value is -0.380. The molecule has 2 saturated heterocycles. The lowest BCUT2D eigenvalue weighted by atomic mass is 9.94. The Morgan fingerprint density at radius 1 is 1.38 bits per heavy atom. The molecule has 13 heavy (non-hydrogen) atoms. The van der Waals surface area contributed by atoms with Gasteiger partial charge in [0.25, 0.3) is 0 Å². The maximum Gasteiger partial charge on any atom is 0.102 e. The summed E-state index contributed by atoms with van der Waals surface area (Å²) in [5.41, 5.74) is 0. The second-order valence-corrected chi connectivity index (χ2v) is 3.73. The van der Waals surface area contributed by atoms with Crippen LogP contribution in [0.15, 0.2) is 12.7 Å². The van der Waals surface area contributed by atoms with Gasteiger partial charge in [-0.25, -0.2) is 0 Å². The summed E-state index contributed by atoms with van der Waals surface area (Å²) in [4.78, 5) is 0. The molecule has 2 fully saturated rings. The van der Waals surface area contributed by atoms with E-state index in [-0.39, 0.29) is 18.3 Å². The quantitative estimate of drug-likeness (QED) is 0.614. The lowest BCUT2D eigenvalue weighted by molar-refractivity contribution is -0.188. The molecule has 0 unspecified atom stereocenters. The molecule has 0 aromatic carbocycles. The van der Waals surface area contributed by atoms with E-state index < -0.39 is 6.10 Å². The summed E-state index contributed by atoms with van der Waals surface area (Å²) >= 11 is 0. The largest absolute Gasteiger partial charge is 0.390 e. The fraction of sp³-hybridized carbons (Fsp3) is 0.800. The zero-order chi connectivity index (χ0) is 9.26. The third-order valence-electron chi connectivity index (χ3n) is 2.80. The van der Waals surface area contributed by atoms with Crippen LogP contribution in [-0.2, 0) is 9.47 Å². The van der Waals surface area contributed by atoms with E-state index in [1.165, 1.54) is 0 Å². The highest BCUT2D eigenvalue weighted by Gasteiger charge is 2.37. The van der Waals surface area contributed by atoms with Crippen LogP contribution in [0.1, 0.15) is 19.3 Å². The fourth-order valence-corrected chi connectivity index (χ4v) is 2.07. The normalized spacial score (nSPS) is 45.3. The first-order valence-corrected chi connectivity index (χ1v) is 4.89. The van der Waals surface area contributed by atoms with Gasteiger partial charge in [-0.15, -0.1) is 6.58 Å². The van der Waals surface area contributed by atoms with Crippen LogP contribution in [0, 0.1) is 0 Å². The predicted molar refractivity (Wildman–Crippen MR) is 48.5 cm³/mol. The smallest absolute Gasteiger partial charge is 0.102 e. The molecule has 0 aromatic rings. The van der Waals surface area contributed by atoms with Gasteiger partial charge in [0.2, 0.25) is 0 Å². The van der Waals surface area contributed by atoms with Crippen molar-refractivity contribution in [1.29, 1.82) is 0 Å². The molecule has 74 valence electrons. The number of ether oxygens (including phenoxy) is 2. The molecule has 0 saturated carbocycles. The van der Waals surface area contributed by atoms with E-state index >= 15 is 0 Å². The molecule has 2 aliphatic heterocycles. The molecule has 3 heteroatoms. The van der Waals surface area contributed by atoms with Crippen molar-refractivity contribution in [3.05, 3.63) is 12.7 Å². The van der Waals surface area contributed by atoms with Gasteiger partial charge in [0, 0.05) is 13.0 Å². The lowest BCUT2D eigenvalue weighted by Crippen LogP contribution is -2.49. The van der Waals surface area contributed by atoms with Crippen LogP contribution in [-0.4, -0.2) is 36.1 Å². The summed E-state index contributed by atoms with van der Waals surface area (Å²) in [6, 6.07) is 0. The van der Waals surface area contributed by atoms with Gasteiger partial charge in [0.05, 0.1) is 18.3 Å². The van der Waals surface area contributed by atoms with E-state index in [0.717, 1.165) is 19.4 Å². The molecule has 0 bridgehead atoms. The van der Waals surface area contributed by atoms with E-state index in [4.69, 9.17) is 9.47 Å². The third-order valence-corrected chi connectivity index (χ3v) is 2.80. The second-order valence-electron chi connectivity index (χ2n) is 3.73. The minimum absolute atomic E-state index is 0.0972. The number of hydrogen-bond acceptors (Lipinski definition) is 3. The van der Waals surface area contributed by atoms with Gasteiger partial charge in [-0.2, -0.15) is 0 Å². The average molecular weight is 184 g/mol. The van der Waals surface area contributed by atoms with Crippen LogP contribution in [0.2, 0.25) is 0 Å². The molecule has 2 rings (SSSR count). The summed E-state index contributed by atoms with van der Waals surface area (Å²) in [6.45, 7) is 4.45. The van der Waals surface area contributed by atoms with Crippen molar-refractivity contribution in [3.8, 4) is 0 Å². The number of aliphatic hydroxyl groups is 1. The zero-order valence-electron chi connectivity index (χ0n) is 7.69. The summed E-state index contributed by atoms with van der Waals surface area (Å²) in [5.74, 6) is 0. The van der Waals surface area contributed by atoms with Crippen LogP contribution in [0.3, 0.4) is 0 Å². The summed E-state index contributed by atoms with van der Waals surface area (Å²) in [6.07, 6.45) is 4.07. The van der Waals surface area contributed by atoms with Crippen LogP contribution < -0.4 is 0 Å². The van der Waals surface area contributed by atoms with Crippen molar-refractivity contribution < 1.29 is 14.6 Å². The Morgan fingerprint density at radius 3 is 3.00 bits per heavy atom. The minimum Gasteiger partial charge on any atom is -0.390 e. The number of rotatable bonds is 1. The molecule has 1 N–H and O–H groups in total. The summed E-state index contributed by atoms with van der Waals surface area (Å²) in [7, 11) is 0. The highest BCUT2D eigenvalue weighted by molar-refractivity contribution is 4.95. The van der Waals surface area contributed by atoms with Gasteiger partial charge in [0.15, 0.2) is 0 Å². The molecule has 3 nitrogen and oxygen atoms in total. The first kappa shape index (κ1) is 9.19. The second kappa shape index (κ2) is 3.78. The van der Waals surface area contributed by atoms with E-state index in [1.54, 1.807) is 6.08 Å². The van der Waals surface area contributed by atoms with Crippen molar-refractivity contribution >= 4 is 0 Å². The SMILES string of the molecule is C=C[C@@H]1O[C@@H]2CCCO[C@H]2C[C@H]1O. The van der Waals surface area contributed by atoms with Crippen LogP contribution in [0.25, 0.3) is 0 Å². The monoisotopic (exact) mass is 184 g/mol. The standard InChI is InChI=1S/C10H16O3/c1-2-8-7(11)6-10-9(13-8)4-3-5-12-10/h2,7-11H,1,3-6H2/t7-,8+,9-,10+/m1/s1. The number of aliphatic hydroxyl groups excluding tert-OH is 1. The van der Waals surface area contributed by atoms with E-state index in [9.17, 15) is 5.11 Å². The Balaban J connectivity index is 2.00. The van der Waals surface area contributed by atoms with Gasteiger partial charge in [-0.1, -0.05) is 6.08 Å². The minimum atomic E-state index is -0.447. The Morgan fingerprint density at radius 2 is 2.23 bits per heavy atom. The topological polar surface area (TPSA) is 38.7 Å². The highest BCUT2D eigenvalue weighted by atomic mass is 16.6. The molecule has 0 aromatic heterocycles. The Kier molecular flexibility index (Phi) is 2.67. The Labute approximate surface area is 78.3 Å². The molecular weight excluding hydrogens is 168 g/mol. The van der Waals surface area contributed by atoms with Gasteiger partial charge in [-0.3, -0.25) is 0 Å². The van der Waals surface area contributed by atoms with Gasteiger partial charge in [0.1, 0.15) is 6.10 Å². The number of fused-ring (bicyclic) bond motifs is 1. The maximum absolute atomic E-state index is 9.63. The fourth-order valence-electron chi connectivity index (χ4n) is 2.07. The van der Waals surface area contributed by atoms with Crippen molar-refractivity contribution in [1.82, 2.24) is 0 Å². The van der Waals surface area contributed by atoms with Crippen molar-refractivity contribution in [2.75, 3.05) is 6.61 Å². The van der Waals surface area contributed by atoms with Crippen LogP contribution in [0.4, 0.5) is 0 Å². The molecule has 0 spiro atoms. The Bertz CT molecular complexity index is 193. The molecule has 2 heterocycles. The molecular formula is C10H16O3. The first-order chi connectivity index (χ1) is 6.31. The van der Waals surface area contributed by atoms with Gasteiger partial charge in [-0.05, 0) is 12.8 Å². The third kappa shape index (κ3) is 1.77. The van der Waals surface area contributed by atoms with E-state index in [1.807, 2.05) is 0 Å². The van der Waals surface area contributed by atoms with Crippen molar-refractivity contribution in [2.45, 2.75) is 43.7 Å².